The Kier molecular flexibility index (Phi) is 6.09. The summed E-state index contributed by atoms with van der Waals surface area (Å²) < 4.78 is 10.5. The number of carbonyl (C=O) groups excluding carboxylic acids is 1. The molecule has 0 spiro atoms. The number of rotatable bonds is 6. The van der Waals surface area contributed by atoms with Crippen molar-refractivity contribution in [3.05, 3.63) is 64.7 Å². The molecule has 126 valence electrons. The number of carbonyl (C=O) groups is 1. The topological polar surface area (TPSA) is 59.9 Å². The first kappa shape index (κ1) is 17.7. The van der Waals surface area contributed by atoms with Crippen molar-refractivity contribution in [2.45, 2.75) is 20.5 Å². The van der Waals surface area contributed by atoms with Crippen LogP contribution < -0.4 is 10.2 Å². The van der Waals surface area contributed by atoms with Gasteiger partial charge in [0.25, 0.3) is 5.91 Å². The van der Waals surface area contributed by atoms with Crippen LogP contribution in [0.5, 0.6) is 5.75 Å². The van der Waals surface area contributed by atoms with Crippen LogP contribution in [0.2, 0.25) is 0 Å². The van der Waals surface area contributed by atoms with Crippen LogP contribution in [0.1, 0.15) is 34.0 Å². The smallest absolute Gasteiger partial charge is 0.271 e. The molecule has 0 aromatic heterocycles. The molecule has 5 heteroatoms. The Balaban J connectivity index is 2.14. The second kappa shape index (κ2) is 8.26. The molecule has 0 aliphatic carbocycles. The maximum atomic E-state index is 12.1. The number of benzene rings is 2. The molecule has 0 aliphatic rings. The van der Waals surface area contributed by atoms with E-state index in [9.17, 15) is 4.79 Å². The Morgan fingerprint density at radius 3 is 2.38 bits per heavy atom. The summed E-state index contributed by atoms with van der Waals surface area (Å²) in [5.74, 6) is 0.525. The molecule has 1 amide bonds. The number of ether oxygens (including phenoxy) is 2. The predicted octanol–water partition coefficient (Wildman–Crippen LogP) is 3.30. The molecule has 0 aliphatic heterocycles. The van der Waals surface area contributed by atoms with Crippen molar-refractivity contribution < 1.29 is 14.3 Å². The van der Waals surface area contributed by atoms with Gasteiger partial charge in [0.05, 0.1) is 19.4 Å². The van der Waals surface area contributed by atoms with Crippen molar-refractivity contribution in [1.29, 1.82) is 0 Å². The Bertz CT molecular complexity index is 737. The largest absolute Gasteiger partial charge is 0.496 e. The number of hydrazone groups is 1. The third-order valence-corrected chi connectivity index (χ3v) is 3.64. The number of amides is 1. The van der Waals surface area contributed by atoms with Crippen LogP contribution in [-0.4, -0.2) is 25.8 Å². The summed E-state index contributed by atoms with van der Waals surface area (Å²) in [5, 5.41) is 4.19. The Hall–Kier alpha value is -2.66. The Morgan fingerprint density at radius 1 is 1.08 bits per heavy atom. The summed E-state index contributed by atoms with van der Waals surface area (Å²) in [4.78, 5) is 12.1. The minimum absolute atomic E-state index is 0.236. The number of aryl methyl sites for hydroxylation is 1. The molecular formula is C19H22N2O3. The third kappa shape index (κ3) is 4.43. The minimum atomic E-state index is -0.236. The number of methoxy groups -OCH3 is 2. The molecule has 0 fully saturated rings. The van der Waals surface area contributed by atoms with E-state index in [0.717, 1.165) is 22.4 Å². The maximum Gasteiger partial charge on any atom is 0.271 e. The molecule has 0 bridgehead atoms. The first-order chi connectivity index (χ1) is 11.5. The average Bonchev–Trinajstić information content (AvgIpc) is 2.60. The van der Waals surface area contributed by atoms with E-state index in [1.807, 2.05) is 44.2 Å². The number of hydrogen-bond donors (Lipinski definition) is 1. The van der Waals surface area contributed by atoms with Gasteiger partial charge in [-0.25, -0.2) is 5.43 Å². The van der Waals surface area contributed by atoms with Crippen LogP contribution in [0.3, 0.4) is 0 Å². The van der Waals surface area contributed by atoms with Crippen molar-refractivity contribution >= 4 is 11.6 Å². The number of nitrogens with one attached hydrogen (secondary N) is 1. The zero-order chi connectivity index (χ0) is 17.5. The molecule has 0 saturated heterocycles. The normalized spacial score (nSPS) is 11.2. The Morgan fingerprint density at radius 2 is 1.75 bits per heavy atom. The second-order valence-corrected chi connectivity index (χ2v) is 5.46. The van der Waals surface area contributed by atoms with E-state index in [1.165, 1.54) is 0 Å². The van der Waals surface area contributed by atoms with Gasteiger partial charge in [0.15, 0.2) is 0 Å². The summed E-state index contributed by atoms with van der Waals surface area (Å²) >= 11 is 0. The minimum Gasteiger partial charge on any atom is -0.496 e. The van der Waals surface area contributed by atoms with Crippen LogP contribution in [0.15, 0.2) is 47.6 Å². The van der Waals surface area contributed by atoms with Crippen molar-refractivity contribution in [2.24, 2.45) is 5.10 Å². The van der Waals surface area contributed by atoms with Gasteiger partial charge in [-0.2, -0.15) is 5.10 Å². The monoisotopic (exact) mass is 326 g/mol. The first-order valence-electron chi connectivity index (χ1n) is 7.62. The highest BCUT2D eigenvalue weighted by Gasteiger charge is 2.08. The predicted molar refractivity (Wildman–Crippen MR) is 94.6 cm³/mol. The highest BCUT2D eigenvalue weighted by molar-refractivity contribution is 6.01. The molecule has 0 atom stereocenters. The fourth-order valence-corrected chi connectivity index (χ4v) is 2.24. The highest BCUT2D eigenvalue weighted by Crippen LogP contribution is 2.21. The van der Waals surface area contributed by atoms with Crippen molar-refractivity contribution in [1.82, 2.24) is 5.43 Å². The molecule has 2 aromatic rings. The van der Waals surface area contributed by atoms with Crippen LogP contribution in [-0.2, 0) is 11.3 Å². The fourth-order valence-electron chi connectivity index (χ4n) is 2.24. The van der Waals surface area contributed by atoms with Crippen LogP contribution in [0, 0.1) is 6.92 Å². The average molecular weight is 326 g/mol. The molecule has 0 unspecified atom stereocenters. The molecule has 2 aromatic carbocycles. The fraction of sp³-hybridized carbons (Fsp3) is 0.263. The van der Waals surface area contributed by atoms with E-state index in [2.05, 4.69) is 10.5 Å². The molecule has 24 heavy (non-hydrogen) atoms. The third-order valence-electron chi connectivity index (χ3n) is 3.64. The van der Waals surface area contributed by atoms with Crippen molar-refractivity contribution in [3.63, 3.8) is 0 Å². The van der Waals surface area contributed by atoms with Gasteiger partial charge in [0, 0.05) is 18.2 Å². The standard InChI is InChI=1S/C19H22N2O3/c1-13-5-7-15(8-6-13)19(22)21-20-14(2)16-9-10-18(24-4)17(11-16)12-23-3/h5-11H,12H2,1-4H3,(H,21,22)/b20-14-. The second-order valence-electron chi connectivity index (χ2n) is 5.46. The van der Waals surface area contributed by atoms with Gasteiger partial charge in [0.2, 0.25) is 0 Å². The number of hydrogen-bond acceptors (Lipinski definition) is 4. The van der Waals surface area contributed by atoms with E-state index >= 15 is 0 Å². The lowest BCUT2D eigenvalue weighted by molar-refractivity contribution is 0.0955. The molecular weight excluding hydrogens is 304 g/mol. The van der Waals surface area contributed by atoms with Gasteiger partial charge >= 0.3 is 0 Å². The van der Waals surface area contributed by atoms with Gasteiger partial charge in [-0.15, -0.1) is 0 Å². The lowest BCUT2D eigenvalue weighted by Crippen LogP contribution is -2.19. The molecule has 2 rings (SSSR count). The molecule has 0 saturated carbocycles. The molecule has 0 radical (unpaired) electrons. The van der Waals surface area contributed by atoms with E-state index < -0.39 is 0 Å². The van der Waals surface area contributed by atoms with E-state index in [-0.39, 0.29) is 5.91 Å². The maximum absolute atomic E-state index is 12.1. The first-order valence-corrected chi connectivity index (χ1v) is 7.62. The van der Waals surface area contributed by atoms with Crippen LogP contribution in [0.25, 0.3) is 0 Å². The van der Waals surface area contributed by atoms with Gasteiger partial charge in [-0.05, 0) is 49.7 Å². The lowest BCUT2D eigenvalue weighted by atomic mass is 10.1. The Labute approximate surface area is 142 Å². The highest BCUT2D eigenvalue weighted by atomic mass is 16.5. The zero-order valence-electron chi connectivity index (χ0n) is 14.4. The van der Waals surface area contributed by atoms with Gasteiger partial charge in [-0.1, -0.05) is 17.7 Å². The summed E-state index contributed by atoms with van der Waals surface area (Å²) in [6, 6.07) is 13.1. The van der Waals surface area contributed by atoms with E-state index in [1.54, 1.807) is 26.4 Å². The van der Waals surface area contributed by atoms with Gasteiger partial charge in [0.1, 0.15) is 5.75 Å². The van der Waals surface area contributed by atoms with Crippen molar-refractivity contribution in [2.75, 3.05) is 14.2 Å². The zero-order valence-corrected chi connectivity index (χ0v) is 14.4. The summed E-state index contributed by atoms with van der Waals surface area (Å²) in [7, 11) is 3.26. The number of nitrogens with zero attached hydrogens (tertiary/aromatic N) is 1. The van der Waals surface area contributed by atoms with Gasteiger partial charge in [-0.3, -0.25) is 4.79 Å². The summed E-state index contributed by atoms with van der Waals surface area (Å²) in [5.41, 5.74) is 6.79. The summed E-state index contributed by atoms with van der Waals surface area (Å²) in [6.45, 7) is 4.26. The lowest BCUT2D eigenvalue weighted by Gasteiger charge is -2.10. The quantitative estimate of drug-likeness (QED) is 0.654. The van der Waals surface area contributed by atoms with E-state index in [4.69, 9.17) is 9.47 Å². The summed E-state index contributed by atoms with van der Waals surface area (Å²) in [6.07, 6.45) is 0. The SMILES string of the molecule is COCc1cc(/C(C)=N\NC(=O)c2ccc(C)cc2)ccc1OC. The van der Waals surface area contributed by atoms with Gasteiger partial charge < -0.3 is 9.47 Å². The molecule has 1 N–H and O–H groups in total. The molecule has 0 heterocycles. The van der Waals surface area contributed by atoms with E-state index in [0.29, 0.717) is 17.9 Å². The van der Waals surface area contributed by atoms with Crippen LogP contribution >= 0.6 is 0 Å². The molecule has 5 nitrogen and oxygen atoms in total. The van der Waals surface area contributed by atoms with Crippen LogP contribution in [0.4, 0.5) is 0 Å². The van der Waals surface area contributed by atoms with Crippen molar-refractivity contribution in [3.8, 4) is 5.75 Å².